The molecule has 0 spiro atoms. The van der Waals surface area contributed by atoms with Crippen molar-refractivity contribution >= 4 is 0 Å². The molecular weight excluding hydrogens is 254 g/mol. The standard InChI is InChI=1S/C18H33N.C2H4/c1-2-6-16(7-3-1)17-12-10-15(11-13-17)14-19-18-8-4-5-9-18;1-2/h15-19H,1-14H2;1-2H2. The maximum atomic E-state index is 3.85. The van der Waals surface area contributed by atoms with Crippen LogP contribution in [0.15, 0.2) is 13.2 Å². The van der Waals surface area contributed by atoms with Crippen LogP contribution in [0.2, 0.25) is 0 Å². The van der Waals surface area contributed by atoms with Crippen LogP contribution in [-0.2, 0) is 0 Å². The second-order valence-electron chi connectivity index (χ2n) is 7.57. The molecule has 0 aromatic rings. The monoisotopic (exact) mass is 291 g/mol. The van der Waals surface area contributed by atoms with Crippen LogP contribution in [0.3, 0.4) is 0 Å². The van der Waals surface area contributed by atoms with Gasteiger partial charge in [0.2, 0.25) is 0 Å². The molecule has 0 aromatic heterocycles. The van der Waals surface area contributed by atoms with Crippen LogP contribution >= 0.6 is 0 Å². The fourth-order valence-corrected chi connectivity index (χ4v) is 4.93. The van der Waals surface area contributed by atoms with Crippen LogP contribution in [0.25, 0.3) is 0 Å². The summed E-state index contributed by atoms with van der Waals surface area (Å²) in [5.74, 6) is 3.21. The first-order valence-electron chi connectivity index (χ1n) is 9.65. The Bertz CT molecular complexity index is 255. The lowest BCUT2D eigenvalue weighted by molar-refractivity contribution is 0.164. The van der Waals surface area contributed by atoms with E-state index in [1.807, 2.05) is 0 Å². The summed E-state index contributed by atoms with van der Waals surface area (Å²) in [5.41, 5.74) is 0. The Morgan fingerprint density at radius 1 is 0.619 bits per heavy atom. The number of hydrogen-bond acceptors (Lipinski definition) is 1. The molecule has 21 heavy (non-hydrogen) atoms. The van der Waals surface area contributed by atoms with Gasteiger partial charge in [0.05, 0.1) is 0 Å². The van der Waals surface area contributed by atoms with E-state index in [0.717, 1.165) is 23.8 Å². The fourth-order valence-electron chi connectivity index (χ4n) is 4.93. The molecule has 3 aliphatic rings. The van der Waals surface area contributed by atoms with Crippen molar-refractivity contribution in [1.82, 2.24) is 5.32 Å². The van der Waals surface area contributed by atoms with E-state index in [9.17, 15) is 0 Å². The van der Waals surface area contributed by atoms with Gasteiger partial charge in [0, 0.05) is 6.04 Å². The van der Waals surface area contributed by atoms with Crippen LogP contribution in [0, 0.1) is 17.8 Å². The molecule has 0 aromatic carbocycles. The van der Waals surface area contributed by atoms with E-state index in [4.69, 9.17) is 0 Å². The van der Waals surface area contributed by atoms with Crippen LogP contribution in [0.4, 0.5) is 0 Å². The Balaban J connectivity index is 0.000000774. The molecule has 0 saturated heterocycles. The van der Waals surface area contributed by atoms with Crippen molar-refractivity contribution in [3.8, 4) is 0 Å². The first-order chi connectivity index (χ1) is 10.4. The zero-order chi connectivity index (χ0) is 14.9. The molecule has 1 N–H and O–H groups in total. The third kappa shape index (κ3) is 5.43. The van der Waals surface area contributed by atoms with Gasteiger partial charge >= 0.3 is 0 Å². The summed E-state index contributed by atoms with van der Waals surface area (Å²) >= 11 is 0. The second kappa shape index (κ2) is 9.66. The molecule has 0 atom stereocenters. The van der Waals surface area contributed by atoms with Gasteiger partial charge in [-0.25, -0.2) is 0 Å². The summed E-state index contributed by atoms with van der Waals surface area (Å²) < 4.78 is 0. The van der Waals surface area contributed by atoms with Gasteiger partial charge < -0.3 is 5.32 Å². The molecule has 3 aliphatic carbocycles. The van der Waals surface area contributed by atoms with Gasteiger partial charge in [-0.1, -0.05) is 44.9 Å². The molecule has 0 radical (unpaired) electrons. The minimum Gasteiger partial charge on any atom is -0.314 e. The zero-order valence-electron chi connectivity index (χ0n) is 14.1. The maximum absolute atomic E-state index is 3.85. The lowest BCUT2D eigenvalue weighted by atomic mass is 9.71. The number of hydrogen-bond donors (Lipinski definition) is 1. The molecule has 0 amide bonds. The van der Waals surface area contributed by atoms with Crippen molar-refractivity contribution in [2.45, 2.75) is 89.5 Å². The molecular formula is C20H37N. The van der Waals surface area contributed by atoms with E-state index < -0.39 is 0 Å². The smallest absolute Gasteiger partial charge is 0.00671 e. The van der Waals surface area contributed by atoms with Crippen molar-refractivity contribution in [3.05, 3.63) is 13.2 Å². The summed E-state index contributed by atoms with van der Waals surface area (Å²) in [5, 5.41) is 3.85. The van der Waals surface area contributed by atoms with Gasteiger partial charge in [0.15, 0.2) is 0 Å². The highest BCUT2D eigenvalue weighted by Crippen LogP contribution is 2.39. The first-order valence-corrected chi connectivity index (χ1v) is 9.65. The Labute approximate surface area is 133 Å². The summed E-state index contributed by atoms with van der Waals surface area (Å²) in [4.78, 5) is 0. The molecule has 0 heterocycles. The first kappa shape index (κ1) is 17.1. The molecule has 0 aliphatic heterocycles. The highest BCUT2D eigenvalue weighted by molar-refractivity contribution is 4.82. The average molecular weight is 292 g/mol. The SMILES string of the molecule is C1CCC(C2CCC(CNC3CCCC3)CC2)CC1.C=C. The van der Waals surface area contributed by atoms with Crippen molar-refractivity contribution in [2.24, 2.45) is 17.8 Å². The third-order valence-electron chi connectivity index (χ3n) is 6.26. The Hall–Kier alpha value is -0.300. The Morgan fingerprint density at radius 3 is 1.76 bits per heavy atom. The van der Waals surface area contributed by atoms with Crippen molar-refractivity contribution in [1.29, 1.82) is 0 Å². The van der Waals surface area contributed by atoms with Crippen molar-refractivity contribution in [2.75, 3.05) is 6.54 Å². The lowest BCUT2D eigenvalue weighted by Crippen LogP contribution is -2.34. The predicted molar refractivity (Wildman–Crippen MR) is 93.5 cm³/mol. The van der Waals surface area contributed by atoms with Crippen LogP contribution in [-0.4, -0.2) is 12.6 Å². The molecule has 0 bridgehead atoms. The fraction of sp³-hybridized carbons (Fsp3) is 0.900. The van der Waals surface area contributed by atoms with Gasteiger partial charge in [-0.2, -0.15) is 0 Å². The summed E-state index contributed by atoms with van der Waals surface area (Å²) in [6.45, 7) is 7.32. The van der Waals surface area contributed by atoms with Gasteiger partial charge in [0.25, 0.3) is 0 Å². The van der Waals surface area contributed by atoms with Gasteiger partial charge in [-0.3, -0.25) is 0 Å². The van der Waals surface area contributed by atoms with Crippen LogP contribution < -0.4 is 5.32 Å². The summed E-state index contributed by atoms with van der Waals surface area (Å²) in [6, 6.07) is 0.871. The zero-order valence-corrected chi connectivity index (χ0v) is 14.1. The van der Waals surface area contributed by atoms with E-state index in [1.165, 1.54) is 64.3 Å². The predicted octanol–water partition coefficient (Wildman–Crippen LogP) is 5.71. The summed E-state index contributed by atoms with van der Waals surface area (Å²) in [7, 11) is 0. The topological polar surface area (TPSA) is 12.0 Å². The van der Waals surface area contributed by atoms with E-state index in [2.05, 4.69) is 18.5 Å². The minimum atomic E-state index is 0.871. The molecule has 3 saturated carbocycles. The van der Waals surface area contributed by atoms with Crippen molar-refractivity contribution in [3.63, 3.8) is 0 Å². The molecule has 122 valence electrons. The van der Waals surface area contributed by atoms with Gasteiger partial charge in [-0.05, 0) is 62.8 Å². The van der Waals surface area contributed by atoms with Crippen molar-refractivity contribution < 1.29 is 0 Å². The molecule has 0 unspecified atom stereocenters. The average Bonchev–Trinajstić information content (AvgIpc) is 3.10. The molecule has 3 rings (SSSR count). The highest BCUT2D eigenvalue weighted by Gasteiger charge is 2.28. The van der Waals surface area contributed by atoms with E-state index >= 15 is 0 Å². The van der Waals surface area contributed by atoms with Crippen LogP contribution in [0.1, 0.15) is 83.5 Å². The quantitative estimate of drug-likeness (QED) is 0.654. The van der Waals surface area contributed by atoms with Gasteiger partial charge in [-0.15, -0.1) is 13.2 Å². The second-order valence-corrected chi connectivity index (χ2v) is 7.57. The summed E-state index contributed by atoms with van der Waals surface area (Å²) in [6.07, 6.45) is 19.6. The largest absolute Gasteiger partial charge is 0.314 e. The minimum absolute atomic E-state index is 0.871. The Morgan fingerprint density at radius 2 is 1.14 bits per heavy atom. The van der Waals surface area contributed by atoms with E-state index in [1.54, 1.807) is 25.7 Å². The number of nitrogens with one attached hydrogen (secondary N) is 1. The van der Waals surface area contributed by atoms with Gasteiger partial charge in [0.1, 0.15) is 0 Å². The normalized spacial score (nSPS) is 31.6. The lowest BCUT2D eigenvalue weighted by Gasteiger charge is -2.36. The highest BCUT2D eigenvalue weighted by atomic mass is 14.9. The molecule has 3 fully saturated rings. The molecule has 1 nitrogen and oxygen atoms in total. The number of rotatable bonds is 4. The maximum Gasteiger partial charge on any atom is 0.00671 e. The van der Waals surface area contributed by atoms with E-state index in [0.29, 0.717) is 0 Å². The third-order valence-corrected chi connectivity index (χ3v) is 6.26. The Kier molecular flexibility index (Phi) is 7.85. The molecule has 1 heteroatoms. The van der Waals surface area contributed by atoms with Crippen LogP contribution in [0.5, 0.6) is 0 Å². The van der Waals surface area contributed by atoms with E-state index in [-0.39, 0.29) is 0 Å².